The molecule has 26 heavy (non-hydrogen) atoms. The number of carbonyl (C=O) groups excluding carboxylic acids is 1. The van der Waals surface area contributed by atoms with Gasteiger partial charge in [0, 0.05) is 5.56 Å². The van der Waals surface area contributed by atoms with Crippen LogP contribution in [0.3, 0.4) is 0 Å². The third-order valence-corrected chi connectivity index (χ3v) is 4.18. The molecule has 0 bridgehead atoms. The lowest BCUT2D eigenvalue weighted by Crippen LogP contribution is -2.11. The second-order valence-corrected chi connectivity index (χ2v) is 7.46. The first-order chi connectivity index (χ1) is 12.3. The van der Waals surface area contributed by atoms with E-state index in [9.17, 15) is 4.79 Å². The Morgan fingerprint density at radius 2 is 1.65 bits per heavy atom. The quantitative estimate of drug-likeness (QED) is 0.561. The zero-order valence-corrected chi connectivity index (χ0v) is 15.6. The van der Waals surface area contributed by atoms with E-state index in [0.717, 1.165) is 16.7 Å². The van der Waals surface area contributed by atoms with Gasteiger partial charge in [0.25, 0.3) is 0 Å². The van der Waals surface area contributed by atoms with Crippen LogP contribution < -0.4 is 0 Å². The molecule has 3 heteroatoms. The van der Waals surface area contributed by atoms with Gasteiger partial charge in [0.1, 0.15) is 0 Å². The highest BCUT2D eigenvalue weighted by molar-refractivity contribution is 6.11. The van der Waals surface area contributed by atoms with Gasteiger partial charge in [0.15, 0.2) is 5.70 Å². The van der Waals surface area contributed by atoms with E-state index in [-0.39, 0.29) is 5.41 Å². The molecule has 1 heterocycles. The number of nitrogens with zero attached hydrogens (tertiary/aromatic N) is 1. The first-order valence-electron chi connectivity index (χ1n) is 8.70. The second-order valence-electron chi connectivity index (χ2n) is 7.46. The molecule has 0 atom stereocenters. The SMILES string of the molecule is CC(/C=C1\N=C(c2ccc(C(C)(C)C)cc2)OC1=O)=C\c1ccccc1. The average molecular weight is 345 g/mol. The molecular weight excluding hydrogens is 322 g/mol. The molecule has 0 saturated carbocycles. The summed E-state index contributed by atoms with van der Waals surface area (Å²) in [5.74, 6) is -0.0603. The number of benzene rings is 2. The number of cyclic esters (lactones) is 1. The number of rotatable bonds is 3. The third-order valence-electron chi connectivity index (χ3n) is 4.18. The van der Waals surface area contributed by atoms with E-state index < -0.39 is 5.97 Å². The molecule has 3 rings (SSSR count). The molecule has 132 valence electrons. The van der Waals surface area contributed by atoms with Crippen molar-refractivity contribution in [1.29, 1.82) is 0 Å². The van der Waals surface area contributed by atoms with Gasteiger partial charge < -0.3 is 4.74 Å². The summed E-state index contributed by atoms with van der Waals surface area (Å²) in [5.41, 5.74) is 4.45. The van der Waals surface area contributed by atoms with Crippen molar-refractivity contribution >= 4 is 17.9 Å². The Morgan fingerprint density at radius 1 is 1.00 bits per heavy atom. The van der Waals surface area contributed by atoms with Crippen molar-refractivity contribution in [3.05, 3.63) is 88.6 Å². The van der Waals surface area contributed by atoms with Crippen molar-refractivity contribution in [2.45, 2.75) is 33.1 Å². The highest BCUT2D eigenvalue weighted by Gasteiger charge is 2.24. The van der Waals surface area contributed by atoms with Crippen molar-refractivity contribution in [3.63, 3.8) is 0 Å². The van der Waals surface area contributed by atoms with Crippen LogP contribution in [0, 0.1) is 0 Å². The lowest BCUT2D eigenvalue weighted by Gasteiger charge is -2.18. The largest absolute Gasteiger partial charge is 0.402 e. The zero-order chi connectivity index (χ0) is 18.7. The minimum absolute atomic E-state index is 0.0805. The summed E-state index contributed by atoms with van der Waals surface area (Å²) in [5, 5.41) is 0. The third kappa shape index (κ3) is 4.17. The summed E-state index contributed by atoms with van der Waals surface area (Å²) < 4.78 is 5.35. The highest BCUT2D eigenvalue weighted by atomic mass is 16.6. The molecule has 0 fully saturated rings. The van der Waals surface area contributed by atoms with Crippen molar-refractivity contribution in [2.24, 2.45) is 4.99 Å². The Labute approximate surface area is 154 Å². The van der Waals surface area contributed by atoms with Crippen LogP contribution in [0.2, 0.25) is 0 Å². The monoisotopic (exact) mass is 345 g/mol. The highest BCUT2D eigenvalue weighted by Crippen LogP contribution is 2.24. The van der Waals surface area contributed by atoms with Crippen molar-refractivity contribution in [2.75, 3.05) is 0 Å². The maximum atomic E-state index is 12.1. The molecule has 2 aromatic rings. The van der Waals surface area contributed by atoms with E-state index in [0.29, 0.717) is 11.6 Å². The van der Waals surface area contributed by atoms with Gasteiger partial charge >= 0.3 is 5.97 Å². The zero-order valence-electron chi connectivity index (χ0n) is 15.6. The molecule has 3 nitrogen and oxygen atoms in total. The van der Waals surface area contributed by atoms with Gasteiger partial charge in [0.2, 0.25) is 5.90 Å². The van der Waals surface area contributed by atoms with Crippen LogP contribution in [0.4, 0.5) is 0 Å². The van der Waals surface area contributed by atoms with E-state index in [1.807, 2.05) is 67.6 Å². The lowest BCUT2D eigenvalue weighted by atomic mass is 9.87. The van der Waals surface area contributed by atoms with E-state index in [2.05, 4.69) is 25.8 Å². The molecule has 0 radical (unpaired) electrons. The number of ether oxygens (including phenoxy) is 1. The predicted molar refractivity (Wildman–Crippen MR) is 106 cm³/mol. The van der Waals surface area contributed by atoms with Gasteiger partial charge in [-0.1, -0.05) is 69.3 Å². The number of hydrogen-bond acceptors (Lipinski definition) is 3. The minimum atomic E-state index is -0.416. The number of aliphatic imine (C=N–C) groups is 1. The topological polar surface area (TPSA) is 38.7 Å². The molecule has 0 unspecified atom stereocenters. The van der Waals surface area contributed by atoms with E-state index in [4.69, 9.17) is 4.74 Å². The summed E-state index contributed by atoms with van der Waals surface area (Å²) in [4.78, 5) is 16.5. The Morgan fingerprint density at radius 3 is 2.27 bits per heavy atom. The van der Waals surface area contributed by atoms with Crippen LogP contribution >= 0.6 is 0 Å². The van der Waals surface area contributed by atoms with Crippen LogP contribution in [0.25, 0.3) is 6.08 Å². The van der Waals surface area contributed by atoms with Crippen molar-refractivity contribution in [1.82, 2.24) is 0 Å². The number of hydrogen-bond donors (Lipinski definition) is 0. The molecule has 0 amide bonds. The minimum Gasteiger partial charge on any atom is -0.402 e. The standard InChI is InChI=1S/C23H23NO2/c1-16(14-17-8-6-5-7-9-17)15-20-22(25)26-21(24-20)18-10-12-19(13-11-18)23(2,3)4/h5-15H,1-4H3/b16-14+,20-15-. The Bertz CT molecular complexity index is 895. The van der Waals surface area contributed by atoms with E-state index >= 15 is 0 Å². The van der Waals surface area contributed by atoms with Crippen LogP contribution in [-0.2, 0) is 14.9 Å². The molecule has 0 saturated heterocycles. The molecule has 1 aliphatic heterocycles. The Kier molecular flexibility index (Phi) is 4.90. The fourth-order valence-electron chi connectivity index (χ4n) is 2.71. The molecule has 0 N–H and O–H groups in total. The maximum absolute atomic E-state index is 12.1. The van der Waals surface area contributed by atoms with Gasteiger partial charge in [-0.15, -0.1) is 0 Å². The molecule has 0 aromatic heterocycles. The van der Waals surface area contributed by atoms with Gasteiger partial charge in [-0.2, -0.15) is 0 Å². The van der Waals surface area contributed by atoms with E-state index in [1.54, 1.807) is 6.08 Å². The van der Waals surface area contributed by atoms with Crippen LogP contribution in [0.5, 0.6) is 0 Å². The smallest absolute Gasteiger partial charge is 0.363 e. The number of esters is 1. The first kappa shape index (κ1) is 17.9. The Hall–Kier alpha value is -2.94. The summed E-state index contributed by atoms with van der Waals surface area (Å²) in [7, 11) is 0. The number of carbonyl (C=O) groups is 1. The average Bonchev–Trinajstić information content (AvgIpc) is 2.96. The van der Waals surface area contributed by atoms with Crippen LogP contribution in [0.1, 0.15) is 44.4 Å². The fraction of sp³-hybridized carbons (Fsp3) is 0.217. The van der Waals surface area contributed by atoms with Gasteiger partial charge in [-0.3, -0.25) is 0 Å². The molecular formula is C23H23NO2. The summed E-state index contributed by atoms with van der Waals surface area (Å²) >= 11 is 0. The molecule has 0 spiro atoms. The van der Waals surface area contributed by atoms with Crippen molar-refractivity contribution < 1.29 is 9.53 Å². The normalized spacial score (nSPS) is 16.6. The molecule has 0 aliphatic carbocycles. The summed E-state index contributed by atoms with van der Waals surface area (Å²) in [6, 6.07) is 18.0. The van der Waals surface area contributed by atoms with Crippen LogP contribution in [0.15, 0.2) is 76.9 Å². The van der Waals surface area contributed by atoms with Gasteiger partial charge in [-0.25, -0.2) is 9.79 Å². The summed E-state index contributed by atoms with van der Waals surface area (Å²) in [6.45, 7) is 8.44. The fourth-order valence-corrected chi connectivity index (χ4v) is 2.71. The predicted octanol–water partition coefficient (Wildman–Crippen LogP) is 5.27. The number of allylic oxidation sites excluding steroid dienone is 2. The lowest BCUT2D eigenvalue weighted by molar-refractivity contribution is -0.130. The van der Waals surface area contributed by atoms with E-state index in [1.165, 1.54) is 5.56 Å². The second kappa shape index (κ2) is 7.12. The maximum Gasteiger partial charge on any atom is 0.363 e. The van der Waals surface area contributed by atoms with Crippen molar-refractivity contribution in [3.8, 4) is 0 Å². The first-order valence-corrected chi connectivity index (χ1v) is 8.70. The van der Waals surface area contributed by atoms with Gasteiger partial charge in [0.05, 0.1) is 0 Å². The summed E-state index contributed by atoms with van der Waals surface area (Å²) in [6.07, 6.45) is 3.76. The van der Waals surface area contributed by atoms with Gasteiger partial charge in [-0.05, 0) is 47.2 Å². The van der Waals surface area contributed by atoms with Crippen LogP contribution in [-0.4, -0.2) is 11.9 Å². The molecule has 2 aromatic carbocycles. The molecule has 1 aliphatic rings. The Balaban J connectivity index is 1.84.